The summed E-state index contributed by atoms with van der Waals surface area (Å²) in [5.41, 5.74) is 2.06. The van der Waals surface area contributed by atoms with Crippen LogP contribution in [0.2, 0.25) is 0 Å². The zero-order valence-electron chi connectivity index (χ0n) is 18.0. The van der Waals surface area contributed by atoms with Gasteiger partial charge in [-0.3, -0.25) is 9.89 Å². The van der Waals surface area contributed by atoms with E-state index in [1.54, 1.807) is 33.3 Å². The van der Waals surface area contributed by atoms with Gasteiger partial charge in [0.25, 0.3) is 0 Å². The highest BCUT2D eigenvalue weighted by molar-refractivity contribution is 7.89. The molecule has 0 atom stereocenters. The maximum absolute atomic E-state index is 12.6. The van der Waals surface area contributed by atoms with E-state index in [4.69, 9.17) is 0 Å². The summed E-state index contributed by atoms with van der Waals surface area (Å²) >= 11 is 0. The van der Waals surface area contributed by atoms with Gasteiger partial charge in [-0.15, -0.1) is 0 Å². The second kappa shape index (κ2) is 10.1. The first-order chi connectivity index (χ1) is 14.4. The summed E-state index contributed by atoms with van der Waals surface area (Å²) in [6.45, 7) is 5.04. The van der Waals surface area contributed by atoms with E-state index in [9.17, 15) is 8.42 Å². The minimum absolute atomic E-state index is 0.325. The molecule has 0 unspecified atom stereocenters. The Morgan fingerprint density at radius 3 is 2.27 bits per heavy atom. The molecule has 1 aliphatic heterocycles. The lowest BCUT2D eigenvalue weighted by atomic mass is 10.2. The lowest BCUT2D eigenvalue weighted by Crippen LogP contribution is -2.52. The summed E-state index contributed by atoms with van der Waals surface area (Å²) in [6, 6.07) is 17.6. The van der Waals surface area contributed by atoms with E-state index in [2.05, 4.69) is 44.4 Å². The molecule has 2 aromatic carbocycles. The largest absolute Gasteiger partial charge is 0.352 e. The third-order valence-corrected chi connectivity index (χ3v) is 7.22. The molecule has 8 heteroatoms. The Kier molecular flexibility index (Phi) is 7.47. The van der Waals surface area contributed by atoms with E-state index in [1.165, 1.54) is 9.87 Å². The van der Waals surface area contributed by atoms with Gasteiger partial charge >= 0.3 is 0 Å². The summed E-state index contributed by atoms with van der Waals surface area (Å²) in [7, 11) is 1.37. The van der Waals surface area contributed by atoms with E-state index in [-0.39, 0.29) is 0 Å². The first kappa shape index (κ1) is 22.3. The molecule has 1 fully saturated rings. The fourth-order valence-electron chi connectivity index (χ4n) is 3.56. The van der Waals surface area contributed by atoms with Crippen LogP contribution in [0.15, 0.2) is 64.5 Å². The Balaban J connectivity index is 1.59. The van der Waals surface area contributed by atoms with Crippen molar-refractivity contribution in [3.63, 3.8) is 0 Å². The van der Waals surface area contributed by atoms with Gasteiger partial charge in [0.1, 0.15) is 0 Å². The smallest absolute Gasteiger partial charge is 0.242 e. The van der Waals surface area contributed by atoms with Crippen molar-refractivity contribution in [2.75, 3.05) is 47.3 Å². The number of hydrogen-bond acceptors (Lipinski definition) is 4. The van der Waals surface area contributed by atoms with E-state index in [0.717, 1.165) is 44.2 Å². The monoisotopic (exact) mass is 429 g/mol. The van der Waals surface area contributed by atoms with Crippen molar-refractivity contribution in [1.82, 2.24) is 19.4 Å². The Morgan fingerprint density at radius 1 is 1.00 bits per heavy atom. The van der Waals surface area contributed by atoms with Crippen LogP contribution < -0.4 is 5.32 Å². The molecular weight excluding hydrogens is 398 g/mol. The quantitative estimate of drug-likeness (QED) is 0.561. The van der Waals surface area contributed by atoms with E-state index >= 15 is 0 Å². The molecule has 162 valence electrons. The van der Waals surface area contributed by atoms with Crippen molar-refractivity contribution < 1.29 is 8.42 Å². The number of aliphatic imine (C=N–C) groups is 1. The molecule has 0 aliphatic carbocycles. The van der Waals surface area contributed by atoms with Crippen molar-refractivity contribution in [2.24, 2.45) is 4.99 Å². The first-order valence-corrected chi connectivity index (χ1v) is 11.6. The molecule has 3 rings (SSSR count). The fourth-order valence-corrected chi connectivity index (χ4v) is 4.68. The summed E-state index contributed by atoms with van der Waals surface area (Å²) in [5, 5.41) is 3.35. The number of nitrogens with one attached hydrogen (secondary N) is 1. The third kappa shape index (κ3) is 5.38. The topological polar surface area (TPSA) is 68.2 Å². The van der Waals surface area contributed by atoms with Crippen molar-refractivity contribution in [1.29, 1.82) is 0 Å². The molecule has 0 spiro atoms. The molecular formula is C22H31N5O2S. The third-order valence-electron chi connectivity index (χ3n) is 5.30. The number of hydrogen-bond donors (Lipinski definition) is 1. The molecule has 0 bridgehead atoms. The van der Waals surface area contributed by atoms with Crippen molar-refractivity contribution in [3.05, 3.63) is 65.7 Å². The van der Waals surface area contributed by atoms with Crippen LogP contribution in [0.3, 0.4) is 0 Å². The maximum Gasteiger partial charge on any atom is 0.242 e. The van der Waals surface area contributed by atoms with Crippen LogP contribution in [0, 0.1) is 0 Å². The second-order valence-corrected chi connectivity index (χ2v) is 9.66. The van der Waals surface area contributed by atoms with Gasteiger partial charge in [0.05, 0.1) is 4.90 Å². The van der Waals surface area contributed by atoms with Gasteiger partial charge in [-0.05, 0) is 17.2 Å². The maximum atomic E-state index is 12.6. The number of nitrogens with zero attached hydrogens (tertiary/aromatic N) is 4. The molecule has 1 N–H and O–H groups in total. The fraction of sp³-hybridized carbons (Fsp3) is 0.409. The first-order valence-electron chi connectivity index (χ1n) is 10.1. The molecule has 7 nitrogen and oxygen atoms in total. The zero-order valence-corrected chi connectivity index (χ0v) is 18.8. The van der Waals surface area contributed by atoms with Crippen LogP contribution in [0.25, 0.3) is 0 Å². The van der Waals surface area contributed by atoms with Gasteiger partial charge in [0, 0.05) is 60.4 Å². The second-order valence-electron chi connectivity index (χ2n) is 7.54. The van der Waals surface area contributed by atoms with Gasteiger partial charge in [0.15, 0.2) is 5.96 Å². The van der Waals surface area contributed by atoms with Gasteiger partial charge in [0.2, 0.25) is 10.0 Å². The number of rotatable bonds is 6. The molecule has 1 aliphatic rings. The Hall–Kier alpha value is -2.42. The average molecular weight is 430 g/mol. The Labute approximate surface area is 180 Å². The molecule has 0 radical (unpaired) electrons. The predicted molar refractivity (Wildman–Crippen MR) is 121 cm³/mol. The van der Waals surface area contributed by atoms with Crippen LogP contribution in [0.1, 0.15) is 11.1 Å². The number of piperazine rings is 1. The molecule has 1 saturated heterocycles. The highest BCUT2D eigenvalue weighted by Gasteiger charge is 2.22. The Bertz CT molecular complexity index is 953. The predicted octanol–water partition coefficient (Wildman–Crippen LogP) is 1.83. The lowest BCUT2D eigenvalue weighted by molar-refractivity contribution is 0.172. The van der Waals surface area contributed by atoms with E-state index in [1.807, 2.05) is 18.2 Å². The molecule has 0 saturated carbocycles. The molecule has 2 aromatic rings. The average Bonchev–Trinajstić information content (AvgIpc) is 2.76. The van der Waals surface area contributed by atoms with E-state index in [0.29, 0.717) is 11.4 Å². The van der Waals surface area contributed by atoms with E-state index < -0.39 is 10.0 Å². The lowest BCUT2D eigenvalue weighted by Gasteiger charge is -2.36. The minimum Gasteiger partial charge on any atom is -0.352 e. The molecule has 0 aromatic heterocycles. The summed E-state index contributed by atoms with van der Waals surface area (Å²) < 4.78 is 26.5. The van der Waals surface area contributed by atoms with Gasteiger partial charge in [-0.2, -0.15) is 0 Å². The van der Waals surface area contributed by atoms with Gasteiger partial charge in [-0.25, -0.2) is 12.7 Å². The normalized spacial score (nSPS) is 16.1. The number of guanidine groups is 1. The standard InChI is InChI=1S/C22H31N5O2S/c1-23-22(24-17-20-11-7-8-12-21(20)30(28,29)25(2)3)27-15-13-26(14-16-27)18-19-9-5-4-6-10-19/h4-12H,13-18H2,1-3H3,(H,23,24). The van der Waals surface area contributed by atoms with Crippen molar-refractivity contribution >= 4 is 16.0 Å². The Morgan fingerprint density at radius 2 is 1.63 bits per heavy atom. The SMILES string of the molecule is CN=C(NCc1ccccc1S(=O)(=O)N(C)C)N1CCN(Cc2ccccc2)CC1. The minimum atomic E-state index is -3.49. The number of sulfonamides is 1. The van der Waals surface area contributed by atoms with Crippen molar-refractivity contribution in [2.45, 2.75) is 18.0 Å². The highest BCUT2D eigenvalue weighted by atomic mass is 32.2. The van der Waals surface area contributed by atoms with Crippen LogP contribution in [-0.2, 0) is 23.1 Å². The summed E-state index contributed by atoms with van der Waals surface area (Å²) in [6.07, 6.45) is 0. The zero-order chi connectivity index (χ0) is 21.6. The van der Waals surface area contributed by atoms with Crippen molar-refractivity contribution in [3.8, 4) is 0 Å². The summed E-state index contributed by atoms with van der Waals surface area (Å²) in [5.74, 6) is 0.798. The van der Waals surface area contributed by atoms with Gasteiger partial charge in [-0.1, -0.05) is 48.5 Å². The van der Waals surface area contributed by atoms with Gasteiger partial charge < -0.3 is 10.2 Å². The van der Waals surface area contributed by atoms with Crippen LogP contribution in [0.4, 0.5) is 0 Å². The number of benzene rings is 2. The summed E-state index contributed by atoms with van der Waals surface area (Å²) in [4.78, 5) is 9.41. The van der Waals surface area contributed by atoms with Crippen LogP contribution in [-0.4, -0.2) is 75.8 Å². The molecule has 0 amide bonds. The van der Waals surface area contributed by atoms with Crippen LogP contribution in [0.5, 0.6) is 0 Å². The molecule has 1 heterocycles. The van der Waals surface area contributed by atoms with Crippen LogP contribution >= 0.6 is 0 Å². The highest BCUT2D eigenvalue weighted by Crippen LogP contribution is 2.18. The molecule has 30 heavy (non-hydrogen) atoms.